The summed E-state index contributed by atoms with van der Waals surface area (Å²) in [7, 11) is -2.31. The van der Waals surface area contributed by atoms with Crippen molar-refractivity contribution in [1.29, 1.82) is 0 Å². The second kappa shape index (κ2) is 8.96. The number of carbonyl (C=O) groups is 1. The average molecular weight is 460 g/mol. The summed E-state index contributed by atoms with van der Waals surface area (Å²) in [6.45, 7) is 10.0. The molecule has 0 unspecified atom stereocenters. The summed E-state index contributed by atoms with van der Waals surface area (Å²) in [6, 6.07) is 10.1. The minimum absolute atomic E-state index is 0.0786. The molecule has 8 heteroatoms. The zero-order chi connectivity index (χ0) is 23.7. The van der Waals surface area contributed by atoms with Crippen LogP contribution in [-0.4, -0.2) is 34.7 Å². The Hall–Kier alpha value is -2.84. The zero-order valence-corrected chi connectivity index (χ0v) is 20.1. The van der Waals surface area contributed by atoms with Gasteiger partial charge in [0.1, 0.15) is 23.5 Å². The molecule has 0 aliphatic rings. The Bertz CT molecular complexity index is 1230. The topological polar surface area (TPSA) is 94.8 Å². The number of anilines is 1. The van der Waals surface area contributed by atoms with Crippen LogP contribution in [0.15, 0.2) is 45.7 Å². The monoisotopic (exact) mass is 459 g/mol. The van der Waals surface area contributed by atoms with Crippen LogP contribution in [0.2, 0.25) is 0 Å². The van der Waals surface area contributed by atoms with Gasteiger partial charge in [-0.2, -0.15) is 0 Å². The molecule has 0 aliphatic heterocycles. The molecule has 32 heavy (non-hydrogen) atoms. The van der Waals surface area contributed by atoms with Crippen molar-refractivity contribution in [3.63, 3.8) is 0 Å². The normalized spacial score (nSPS) is 12.2. The molecule has 3 rings (SSSR count). The Balaban J connectivity index is 1.95. The van der Waals surface area contributed by atoms with Gasteiger partial charge in [-0.05, 0) is 54.7 Å². The van der Waals surface area contributed by atoms with E-state index in [1.54, 1.807) is 38.1 Å². The van der Waals surface area contributed by atoms with E-state index in [1.807, 2.05) is 12.1 Å². The zero-order valence-electron chi connectivity index (χ0n) is 19.2. The molecule has 0 amide bonds. The van der Waals surface area contributed by atoms with E-state index in [1.165, 1.54) is 7.11 Å². The number of benzene rings is 2. The fraction of sp³-hybridized carbons (Fsp3) is 0.375. The highest BCUT2D eigenvalue weighted by atomic mass is 32.2. The summed E-state index contributed by atoms with van der Waals surface area (Å²) in [4.78, 5) is 12.7. The number of carbonyl (C=O) groups excluding carboxylic acids is 1. The summed E-state index contributed by atoms with van der Waals surface area (Å²) in [5.41, 5.74) is 2.75. The molecule has 1 heterocycles. The van der Waals surface area contributed by atoms with Gasteiger partial charge in [-0.3, -0.25) is 4.72 Å². The highest BCUT2D eigenvalue weighted by molar-refractivity contribution is 7.92. The van der Waals surface area contributed by atoms with Crippen molar-refractivity contribution in [3.8, 4) is 0 Å². The van der Waals surface area contributed by atoms with E-state index in [0.29, 0.717) is 28.0 Å². The summed E-state index contributed by atoms with van der Waals surface area (Å²) in [6.07, 6.45) is 0. The lowest BCUT2D eigenvalue weighted by Crippen LogP contribution is -2.15. The van der Waals surface area contributed by atoms with Gasteiger partial charge in [0.15, 0.2) is 0 Å². The maximum atomic E-state index is 13.0. The Kier molecular flexibility index (Phi) is 6.67. The minimum atomic E-state index is -3.82. The number of hydrogen-bond acceptors (Lipinski definition) is 6. The van der Waals surface area contributed by atoms with Gasteiger partial charge in [0.05, 0.1) is 17.2 Å². The molecule has 0 fully saturated rings. The van der Waals surface area contributed by atoms with Crippen molar-refractivity contribution in [1.82, 2.24) is 0 Å². The number of esters is 1. The SMILES string of the molecule is COCCOC(=O)c1c(C)oc2cc(C)c(NS(=O)(=O)c3ccc(C(C)(C)C)cc3)cc12. The van der Waals surface area contributed by atoms with Crippen LogP contribution in [0.5, 0.6) is 0 Å². The molecule has 0 spiro atoms. The quantitative estimate of drug-likeness (QED) is 0.397. The lowest BCUT2D eigenvalue weighted by atomic mass is 9.87. The summed E-state index contributed by atoms with van der Waals surface area (Å²) in [5, 5.41) is 0.483. The number of fused-ring (bicyclic) bond motifs is 1. The van der Waals surface area contributed by atoms with Crippen molar-refractivity contribution in [3.05, 3.63) is 58.8 Å². The van der Waals surface area contributed by atoms with Gasteiger partial charge >= 0.3 is 5.97 Å². The van der Waals surface area contributed by atoms with Gasteiger partial charge in [-0.15, -0.1) is 0 Å². The fourth-order valence-electron chi connectivity index (χ4n) is 3.36. The predicted octanol–water partition coefficient (Wildman–Crippen LogP) is 4.95. The first-order valence-electron chi connectivity index (χ1n) is 10.3. The van der Waals surface area contributed by atoms with Gasteiger partial charge < -0.3 is 13.9 Å². The number of methoxy groups -OCH3 is 1. The summed E-state index contributed by atoms with van der Waals surface area (Å²) >= 11 is 0. The summed E-state index contributed by atoms with van der Waals surface area (Å²) < 4.78 is 44.5. The second-order valence-corrected chi connectivity index (χ2v) is 10.4. The molecule has 0 saturated carbocycles. The van der Waals surface area contributed by atoms with Crippen molar-refractivity contribution < 1.29 is 27.1 Å². The molecule has 0 saturated heterocycles. The predicted molar refractivity (Wildman–Crippen MR) is 124 cm³/mol. The van der Waals surface area contributed by atoms with Crippen molar-refractivity contribution in [2.45, 2.75) is 44.9 Å². The van der Waals surface area contributed by atoms with E-state index in [9.17, 15) is 13.2 Å². The fourth-order valence-corrected chi connectivity index (χ4v) is 4.48. The number of nitrogens with one attached hydrogen (secondary N) is 1. The van der Waals surface area contributed by atoms with E-state index in [0.717, 1.165) is 5.56 Å². The maximum absolute atomic E-state index is 13.0. The molecule has 2 aromatic carbocycles. The molecular formula is C24H29NO6S. The van der Waals surface area contributed by atoms with Crippen LogP contribution in [0.25, 0.3) is 11.0 Å². The molecule has 0 radical (unpaired) electrons. The molecule has 0 atom stereocenters. The largest absolute Gasteiger partial charge is 0.460 e. The first kappa shape index (κ1) is 23.8. The Morgan fingerprint density at radius 2 is 1.72 bits per heavy atom. The first-order chi connectivity index (χ1) is 14.9. The number of rotatable bonds is 7. The first-order valence-corrected chi connectivity index (χ1v) is 11.8. The third-order valence-corrected chi connectivity index (χ3v) is 6.59. The molecule has 3 aromatic rings. The van der Waals surface area contributed by atoms with Crippen molar-refractivity contribution in [2.24, 2.45) is 0 Å². The van der Waals surface area contributed by atoms with Crippen LogP contribution >= 0.6 is 0 Å². The number of hydrogen-bond donors (Lipinski definition) is 1. The van der Waals surface area contributed by atoms with Crippen LogP contribution in [0.4, 0.5) is 5.69 Å². The Morgan fingerprint density at radius 1 is 1.06 bits per heavy atom. The summed E-state index contributed by atoms with van der Waals surface area (Å²) in [5.74, 6) is -0.145. The van der Waals surface area contributed by atoms with Crippen molar-refractivity contribution >= 4 is 32.6 Å². The third-order valence-electron chi connectivity index (χ3n) is 5.21. The number of aryl methyl sites for hydroxylation is 2. The lowest BCUT2D eigenvalue weighted by Gasteiger charge is -2.19. The molecule has 7 nitrogen and oxygen atoms in total. The highest BCUT2D eigenvalue weighted by Gasteiger charge is 2.23. The van der Waals surface area contributed by atoms with E-state index in [2.05, 4.69) is 25.5 Å². The van der Waals surface area contributed by atoms with Crippen LogP contribution in [0.1, 0.15) is 48.0 Å². The molecule has 0 bridgehead atoms. The maximum Gasteiger partial charge on any atom is 0.342 e. The van der Waals surface area contributed by atoms with Gasteiger partial charge in [-0.1, -0.05) is 32.9 Å². The minimum Gasteiger partial charge on any atom is -0.460 e. The van der Waals surface area contributed by atoms with E-state index in [4.69, 9.17) is 13.9 Å². The van der Waals surface area contributed by atoms with E-state index >= 15 is 0 Å². The van der Waals surface area contributed by atoms with Crippen LogP contribution in [0.3, 0.4) is 0 Å². The van der Waals surface area contributed by atoms with Crippen LogP contribution in [-0.2, 0) is 24.9 Å². The number of sulfonamides is 1. The Labute approximate surface area is 188 Å². The molecule has 172 valence electrons. The second-order valence-electron chi connectivity index (χ2n) is 8.71. The molecule has 1 aromatic heterocycles. The highest BCUT2D eigenvalue weighted by Crippen LogP contribution is 2.32. The van der Waals surface area contributed by atoms with Crippen LogP contribution in [0, 0.1) is 13.8 Å². The van der Waals surface area contributed by atoms with Crippen LogP contribution < -0.4 is 4.72 Å². The lowest BCUT2D eigenvalue weighted by molar-refractivity contribution is 0.0388. The number of furan rings is 1. The number of ether oxygens (including phenoxy) is 2. The van der Waals surface area contributed by atoms with E-state index < -0.39 is 16.0 Å². The van der Waals surface area contributed by atoms with Gasteiger partial charge in [0.2, 0.25) is 0 Å². The van der Waals surface area contributed by atoms with Crippen molar-refractivity contribution in [2.75, 3.05) is 25.0 Å². The standard InChI is InChI=1S/C24H29NO6S/c1-15-13-21-19(22(16(2)31-21)23(26)30-12-11-29-6)14-20(15)25-32(27,28)18-9-7-17(8-10-18)24(3,4)5/h7-10,13-14,25H,11-12H2,1-6H3. The van der Waals surface area contributed by atoms with Gasteiger partial charge in [-0.25, -0.2) is 13.2 Å². The van der Waals surface area contributed by atoms with Gasteiger partial charge in [0.25, 0.3) is 10.0 Å². The average Bonchev–Trinajstić information content (AvgIpc) is 3.02. The smallest absolute Gasteiger partial charge is 0.342 e. The molecule has 0 aliphatic carbocycles. The van der Waals surface area contributed by atoms with Gasteiger partial charge in [0, 0.05) is 12.5 Å². The molecular weight excluding hydrogens is 430 g/mol. The van der Waals surface area contributed by atoms with E-state index in [-0.39, 0.29) is 29.1 Å². The molecule has 1 N–H and O–H groups in total. The Morgan fingerprint density at radius 3 is 2.31 bits per heavy atom. The third kappa shape index (κ3) is 4.97.